The van der Waals surface area contributed by atoms with Gasteiger partial charge in [-0.1, -0.05) is 48.5 Å². The molecule has 1 fully saturated rings. The fourth-order valence-electron chi connectivity index (χ4n) is 2.97. The van der Waals surface area contributed by atoms with Crippen LogP contribution in [-0.4, -0.2) is 33.0 Å². The van der Waals surface area contributed by atoms with Gasteiger partial charge in [0.2, 0.25) is 10.0 Å². The standard InChI is InChI=1S/C18H22N2O2S/c21-23(22,17-11-5-2-6-12-17)19-18(15-20-13-7-8-14-20)16-9-3-1-4-10-16/h1-6,9-12,18-19H,7-8,13-15H2/t18-/m0/s1. The Morgan fingerprint density at radius 1 is 0.913 bits per heavy atom. The third kappa shape index (κ3) is 4.19. The van der Waals surface area contributed by atoms with Crippen LogP contribution < -0.4 is 4.72 Å². The molecule has 0 aromatic heterocycles. The molecule has 1 aliphatic rings. The molecule has 1 atom stereocenters. The molecule has 1 aliphatic heterocycles. The first-order chi connectivity index (χ1) is 11.1. The molecule has 4 nitrogen and oxygen atoms in total. The van der Waals surface area contributed by atoms with E-state index in [2.05, 4.69) is 9.62 Å². The Morgan fingerprint density at radius 2 is 1.48 bits per heavy atom. The highest BCUT2D eigenvalue weighted by atomic mass is 32.2. The van der Waals surface area contributed by atoms with Gasteiger partial charge in [-0.2, -0.15) is 0 Å². The SMILES string of the molecule is O=S(=O)(N[C@@H](CN1CCCC1)c1ccccc1)c1ccccc1. The fourth-order valence-corrected chi connectivity index (χ4v) is 4.21. The lowest BCUT2D eigenvalue weighted by molar-refractivity contribution is 0.307. The van der Waals surface area contributed by atoms with Crippen molar-refractivity contribution < 1.29 is 8.42 Å². The summed E-state index contributed by atoms with van der Waals surface area (Å²) in [6.07, 6.45) is 2.37. The van der Waals surface area contributed by atoms with Crippen LogP contribution in [0.1, 0.15) is 24.4 Å². The van der Waals surface area contributed by atoms with Gasteiger partial charge in [-0.25, -0.2) is 13.1 Å². The van der Waals surface area contributed by atoms with E-state index in [9.17, 15) is 8.42 Å². The molecule has 2 aromatic carbocycles. The lowest BCUT2D eigenvalue weighted by Gasteiger charge is -2.24. The predicted octanol–water partition coefficient (Wildman–Crippen LogP) is 2.80. The number of hydrogen-bond donors (Lipinski definition) is 1. The van der Waals surface area contributed by atoms with Crippen molar-refractivity contribution >= 4 is 10.0 Å². The smallest absolute Gasteiger partial charge is 0.241 e. The molecular formula is C18H22N2O2S. The molecule has 23 heavy (non-hydrogen) atoms. The molecule has 0 bridgehead atoms. The Bertz CT molecular complexity index is 711. The molecule has 1 heterocycles. The Labute approximate surface area is 138 Å². The van der Waals surface area contributed by atoms with Crippen molar-refractivity contribution in [2.24, 2.45) is 0 Å². The van der Waals surface area contributed by atoms with Gasteiger partial charge in [-0.15, -0.1) is 0 Å². The second-order valence-corrected chi connectivity index (χ2v) is 7.62. The molecular weight excluding hydrogens is 308 g/mol. The van der Waals surface area contributed by atoms with Crippen LogP contribution in [0.5, 0.6) is 0 Å². The number of nitrogens with one attached hydrogen (secondary N) is 1. The molecule has 0 unspecified atom stereocenters. The minimum atomic E-state index is -3.53. The highest BCUT2D eigenvalue weighted by molar-refractivity contribution is 7.89. The summed E-state index contributed by atoms with van der Waals surface area (Å²) in [5.74, 6) is 0. The van der Waals surface area contributed by atoms with Crippen LogP contribution in [0.2, 0.25) is 0 Å². The van der Waals surface area contributed by atoms with Gasteiger partial charge in [-0.05, 0) is 43.6 Å². The minimum absolute atomic E-state index is 0.237. The van der Waals surface area contributed by atoms with E-state index in [1.54, 1.807) is 24.3 Å². The largest absolute Gasteiger partial charge is 0.301 e. The molecule has 5 heteroatoms. The molecule has 1 saturated heterocycles. The molecule has 3 rings (SSSR count). The summed E-state index contributed by atoms with van der Waals surface area (Å²) in [5, 5.41) is 0. The average molecular weight is 330 g/mol. The molecule has 2 aromatic rings. The molecule has 0 saturated carbocycles. The first kappa shape index (κ1) is 16.2. The van der Waals surface area contributed by atoms with Crippen LogP contribution in [0.3, 0.4) is 0 Å². The highest BCUT2D eigenvalue weighted by Gasteiger charge is 2.24. The van der Waals surface area contributed by atoms with Crippen molar-refractivity contribution in [2.75, 3.05) is 19.6 Å². The number of nitrogens with zero attached hydrogens (tertiary/aromatic N) is 1. The summed E-state index contributed by atoms with van der Waals surface area (Å²) < 4.78 is 28.2. The van der Waals surface area contributed by atoms with E-state index in [1.807, 2.05) is 36.4 Å². The Hall–Kier alpha value is -1.69. The van der Waals surface area contributed by atoms with Crippen molar-refractivity contribution in [3.05, 3.63) is 66.2 Å². The maximum atomic E-state index is 12.7. The Kier molecular flexibility index (Phi) is 5.10. The van der Waals surface area contributed by atoms with Crippen molar-refractivity contribution in [1.82, 2.24) is 9.62 Å². The van der Waals surface area contributed by atoms with E-state index in [-0.39, 0.29) is 6.04 Å². The number of benzene rings is 2. The maximum Gasteiger partial charge on any atom is 0.241 e. The van der Waals surface area contributed by atoms with Crippen LogP contribution >= 0.6 is 0 Å². The number of sulfonamides is 1. The summed E-state index contributed by atoms with van der Waals surface area (Å²) >= 11 is 0. The molecule has 0 aliphatic carbocycles. The van der Waals surface area contributed by atoms with Gasteiger partial charge in [0, 0.05) is 6.54 Å². The maximum absolute atomic E-state index is 12.7. The van der Waals surface area contributed by atoms with Crippen molar-refractivity contribution in [2.45, 2.75) is 23.8 Å². The lowest BCUT2D eigenvalue weighted by Crippen LogP contribution is -2.37. The van der Waals surface area contributed by atoms with E-state index in [0.717, 1.165) is 18.7 Å². The Balaban J connectivity index is 1.83. The van der Waals surface area contributed by atoms with Crippen LogP contribution in [-0.2, 0) is 10.0 Å². The van der Waals surface area contributed by atoms with E-state index in [1.165, 1.54) is 12.8 Å². The van der Waals surface area contributed by atoms with E-state index >= 15 is 0 Å². The monoisotopic (exact) mass is 330 g/mol. The van der Waals surface area contributed by atoms with Crippen molar-refractivity contribution in [3.8, 4) is 0 Å². The summed E-state index contributed by atoms with van der Waals surface area (Å²) in [4.78, 5) is 2.63. The van der Waals surface area contributed by atoms with Gasteiger partial charge in [0.25, 0.3) is 0 Å². The van der Waals surface area contributed by atoms with Crippen molar-refractivity contribution in [3.63, 3.8) is 0 Å². The lowest BCUT2D eigenvalue weighted by atomic mass is 10.1. The van der Waals surface area contributed by atoms with Gasteiger partial charge in [0.1, 0.15) is 0 Å². The van der Waals surface area contributed by atoms with Gasteiger partial charge in [0.15, 0.2) is 0 Å². The molecule has 0 amide bonds. The highest BCUT2D eigenvalue weighted by Crippen LogP contribution is 2.20. The van der Waals surface area contributed by atoms with Gasteiger partial charge >= 0.3 is 0 Å². The zero-order valence-corrected chi connectivity index (χ0v) is 13.9. The average Bonchev–Trinajstić information content (AvgIpc) is 3.09. The zero-order valence-electron chi connectivity index (χ0n) is 13.1. The third-order valence-electron chi connectivity index (χ3n) is 4.19. The first-order valence-electron chi connectivity index (χ1n) is 8.00. The van der Waals surface area contributed by atoms with Gasteiger partial charge in [-0.3, -0.25) is 0 Å². The summed E-state index contributed by atoms with van der Waals surface area (Å²) in [7, 11) is -3.53. The second kappa shape index (κ2) is 7.25. The quantitative estimate of drug-likeness (QED) is 0.886. The number of likely N-dealkylation sites (tertiary alicyclic amines) is 1. The normalized spacial score (nSPS) is 17.2. The van der Waals surface area contributed by atoms with Crippen LogP contribution in [0.4, 0.5) is 0 Å². The molecule has 0 spiro atoms. The zero-order chi connectivity index (χ0) is 16.1. The van der Waals surface area contributed by atoms with E-state index in [4.69, 9.17) is 0 Å². The molecule has 1 N–H and O–H groups in total. The van der Waals surface area contributed by atoms with Crippen LogP contribution in [0.15, 0.2) is 65.6 Å². The minimum Gasteiger partial charge on any atom is -0.301 e. The first-order valence-corrected chi connectivity index (χ1v) is 9.48. The molecule has 0 radical (unpaired) electrons. The van der Waals surface area contributed by atoms with E-state index < -0.39 is 10.0 Å². The topological polar surface area (TPSA) is 49.4 Å². The third-order valence-corrected chi connectivity index (χ3v) is 5.68. The summed E-state index contributed by atoms with van der Waals surface area (Å²) in [6.45, 7) is 2.78. The predicted molar refractivity (Wildman–Crippen MR) is 91.6 cm³/mol. The second-order valence-electron chi connectivity index (χ2n) is 5.91. The summed E-state index contributed by atoms with van der Waals surface area (Å²) in [6, 6.07) is 18.1. The van der Waals surface area contributed by atoms with Crippen LogP contribution in [0, 0.1) is 0 Å². The fraction of sp³-hybridized carbons (Fsp3) is 0.333. The summed E-state index contributed by atoms with van der Waals surface area (Å²) in [5.41, 5.74) is 0.999. The van der Waals surface area contributed by atoms with E-state index in [0.29, 0.717) is 11.4 Å². The number of hydrogen-bond acceptors (Lipinski definition) is 3. The Morgan fingerprint density at radius 3 is 2.09 bits per heavy atom. The van der Waals surface area contributed by atoms with Crippen LogP contribution in [0.25, 0.3) is 0 Å². The van der Waals surface area contributed by atoms with Gasteiger partial charge < -0.3 is 4.90 Å². The van der Waals surface area contributed by atoms with Crippen molar-refractivity contribution in [1.29, 1.82) is 0 Å². The molecule has 122 valence electrons. The van der Waals surface area contributed by atoms with Gasteiger partial charge in [0.05, 0.1) is 10.9 Å². The number of rotatable bonds is 6.